The van der Waals surface area contributed by atoms with Gasteiger partial charge in [-0.3, -0.25) is 9.78 Å². The fraction of sp³-hybridized carbons (Fsp3) is 0.143. The monoisotopic (exact) mass is 215 g/mol. The molecular formula is C7H6BrNO2. The van der Waals surface area contributed by atoms with Gasteiger partial charge in [0.1, 0.15) is 0 Å². The molecule has 11 heavy (non-hydrogen) atoms. The number of hydrogen-bond donors (Lipinski definition) is 1. The van der Waals surface area contributed by atoms with Crippen molar-refractivity contribution in [2.75, 3.05) is 0 Å². The van der Waals surface area contributed by atoms with Crippen molar-refractivity contribution < 1.29 is 9.90 Å². The molecule has 0 saturated heterocycles. The molecule has 3 nitrogen and oxygen atoms in total. The summed E-state index contributed by atoms with van der Waals surface area (Å²) < 4.78 is 0.738. The quantitative estimate of drug-likeness (QED) is 0.814. The number of aromatic nitrogens is 1. The SMILES string of the molecule is O=C(O)Cc1ncccc1Br. The largest absolute Gasteiger partial charge is 0.481 e. The maximum Gasteiger partial charge on any atom is 0.309 e. The van der Waals surface area contributed by atoms with E-state index >= 15 is 0 Å². The average Bonchev–Trinajstić information content (AvgIpc) is 1.93. The Morgan fingerprint density at radius 3 is 3.00 bits per heavy atom. The number of nitrogens with zero attached hydrogens (tertiary/aromatic N) is 1. The van der Waals surface area contributed by atoms with Crippen LogP contribution in [-0.4, -0.2) is 16.1 Å². The van der Waals surface area contributed by atoms with Crippen molar-refractivity contribution in [3.05, 3.63) is 28.5 Å². The van der Waals surface area contributed by atoms with Crippen LogP contribution in [0, 0.1) is 0 Å². The molecule has 0 spiro atoms. The van der Waals surface area contributed by atoms with Crippen molar-refractivity contribution in [1.29, 1.82) is 0 Å². The summed E-state index contributed by atoms with van der Waals surface area (Å²) in [5.41, 5.74) is 0.556. The maximum atomic E-state index is 10.3. The maximum absolute atomic E-state index is 10.3. The van der Waals surface area contributed by atoms with E-state index in [-0.39, 0.29) is 6.42 Å². The lowest BCUT2D eigenvalue weighted by Gasteiger charge is -1.97. The second-order valence-corrected chi connectivity index (χ2v) is 2.86. The predicted octanol–water partition coefficient (Wildman–Crippen LogP) is 1.47. The zero-order valence-electron chi connectivity index (χ0n) is 5.62. The number of pyridine rings is 1. The molecule has 58 valence electrons. The Hall–Kier alpha value is -0.900. The molecule has 0 unspecified atom stereocenters. The molecule has 4 heteroatoms. The molecule has 0 aromatic carbocycles. The smallest absolute Gasteiger partial charge is 0.309 e. The summed E-state index contributed by atoms with van der Waals surface area (Å²) in [4.78, 5) is 14.2. The van der Waals surface area contributed by atoms with Crippen LogP contribution in [0.4, 0.5) is 0 Å². The van der Waals surface area contributed by atoms with E-state index in [2.05, 4.69) is 20.9 Å². The minimum atomic E-state index is -0.871. The number of carboxylic acid groups (broad SMARTS) is 1. The second kappa shape index (κ2) is 3.48. The molecule has 0 bridgehead atoms. The lowest BCUT2D eigenvalue weighted by molar-refractivity contribution is -0.136. The summed E-state index contributed by atoms with van der Waals surface area (Å²) in [6.45, 7) is 0. The van der Waals surface area contributed by atoms with Crippen LogP contribution in [-0.2, 0) is 11.2 Å². The van der Waals surface area contributed by atoms with Crippen LogP contribution in [0.15, 0.2) is 22.8 Å². The highest BCUT2D eigenvalue weighted by atomic mass is 79.9. The van der Waals surface area contributed by atoms with Crippen molar-refractivity contribution in [2.24, 2.45) is 0 Å². The summed E-state index contributed by atoms with van der Waals surface area (Å²) in [5.74, 6) is -0.871. The molecule has 0 radical (unpaired) electrons. The highest BCUT2D eigenvalue weighted by molar-refractivity contribution is 9.10. The van der Waals surface area contributed by atoms with Crippen LogP contribution in [0.1, 0.15) is 5.69 Å². The molecule has 1 aromatic rings. The molecule has 0 saturated carbocycles. The molecule has 0 fully saturated rings. The van der Waals surface area contributed by atoms with Gasteiger partial charge in [0.05, 0.1) is 12.1 Å². The van der Waals surface area contributed by atoms with Gasteiger partial charge in [-0.1, -0.05) is 0 Å². The van der Waals surface area contributed by atoms with Gasteiger partial charge in [-0.15, -0.1) is 0 Å². The Morgan fingerprint density at radius 1 is 1.73 bits per heavy atom. The van der Waals surface area contributed by atoms with Gasteiger partial charge >= 0.3 is 5.97 Å². The number of carbonyl (C=O) groups is 1. The normalized spacial score (nSPS) is 9.55. The number of rotatable bonds is 2. The van der Waals surface area contributed by atoms with E-state index in [4.69, 9.17) is 5.11 Å². The third kappa shape index (κ3) is 2.31. The summed E-state index contributed by atoms with van der Waals surface area (Å²) >= 11 is 3.20. The van der Waals surface area contributed by atoms with Gasteiger partial charge in [-0.2, -0.15) is 0 Å². The Kier molecular flexibility index (Phi) is 2.59. The standard InChI is InChI=1S/C7H6BrNO2/c8-5-2-1-3-9-6(5)4-7(10)11/h1-3H,4H2,(H,10,11). The first-order valence-electron chi connectivity index (χ1n) is 3.01. The predicted molar refractivity (Wildman–Crippen MR) is 43.3 cm³/mol. The first-order chi connectivity index (χ1) is 5.20. The topological polar surface area (TPSA) is 50.2 Å². The van der Waals surface area contributed by atoms with Gasteiger partial charge in [-0.25, -0.2) is 0 Å². The third-order valence-corrected chi connectivity index (χ3v) is 1.88. The van der Waals surface area contributed by atoms with E-state index in [0.717, 1.165) is 4.47 Å². The van der Waals surface area contributed by atoms with Crippen molar-refractivity contribution in [2.45, 2.75) is 6.42 Å². The molecule has 1 heterocycles. The minimum Gasteiger partial charge on any atom is -0.481 e. The fourth-order valence-electron chi connectivity index (χ4n) is 0.692. The summed E-state index contributed by atoms with van der Waals surface area (Å²) in [5, 5.41) is 8.43. The van der Waals surface area contributed by atoms with Crippen molar-refractivity contribution in [1.82, 2.24) is 4.98 Å². The second-order valence-electron chi connectivity index (χ2n) is 2.00. The Bertz CT molecular complexity index is 275. The van der Waals surface area contributed by atoms with Gasteiger partial charge in [-0.05, 0) is 28.1 Å². The number of aliphatic carboxylic acids is 1. The summed E-state index contributed by atoms with van der Waals surface area (Å²) in [6, 6.07) is 3.51. The number of hydrogen-bond acceptors (Lipinski definition) is 2. The molecular weight excluding hydrogens is 210 g/mol. The third-order valence-electron chi connectivity index (χ3n) is 1.15. The highest BCUT2D eigenvalue weighted by Gasteiger charge is 2.04. The molecule has 1 rings (SSSR count). The van der Waals surface area contributed by atoms with Gasteiger partial charge in [0.25, 0.3) is 0 Å². The molecule has 0 amide bonds. The molecule has 1 N–H and O–H groups in total. The molecule has 0 aliphatic carbocycles. The van der Waals surface area contributed by atoms with Gasteiger partial charge in [0.2, 0.25) is 0 Å². The summed E-state index contributed by atoms with van der Waals surface area (Å²) in [6.07, 6.45) is 1.53. The van der Waals surface area contributed by atoms with Crippen LogP contribution in [0.3, 0.4) is 0 Å². The van der Waals surface area contributed by atoms with Crippen molar-refractivity contribution in [3.8, 4) is 0 Å². The lowest BCUT2D eigenvalue weighted by atomic mass is 10.3. The average molecular weight is 216 g/mol. The lowest BCUT2D eigenvalue weighted by Crippen LogP contribution is -2.02. The highest BCUT2D eigenvalue weighted by Crippen LogP contribution is 2.13. The number of carboxylic acids is 1. The van der Waals surface area contributed by atoms with Gasteiger partial charge < -0.3 is 5.11 Å². The Labute approximate surface area is 72.2 Å². The number of halogens is 1. The van der Waals surface area contributed by atoms with Crippen LogP contribution in [0.5, 0.6) is 0 Å². The molecule has 0 aliphatic heterocycles. The van der Waals surface area contributed by atoms with E-state index in [1.165, 1.54) is 0 Å². The van der Waals surface area contributed by atoms with Crippen molar-refractivity contribution >= 4 is 21.9 Å². The summed E-state index contributed by atoms with van der Waals surface area (Å²) in [7, 11) is 0. The molecule has 1 aromatic heterocycles. The first-order valence-corrected chi connectivity index (χ1v) is 3.80. The van der Waals surface area contributed by atoms with E-state index < -0.39 is 5.97 Å². The minimum absolute atomic E-state index is 0.0403. The molecule has 0 aliphatic rings. The van der Waals surface area contributed by atoms with E-state index in [1.807, 2.05) is 0 Å². The van der Waals surface area contributed by atoms with Crippen LogP contribution >= 0.6 is 15.9 Å². The first kappa shape index (κ1) is 8.20. The van der Waals surface area contributed by atoms with Crippen LogP contribution in [0.25, 0.3) is 0 Å². The van der Waals surface area contributed by atoms with Crippen molar-refractivity contribution in [3.63, 3.8) is 0 Å². The Morgan fingerprint density at radius 2 is 2.45 bits per heavy atom. The van der Waals surface area contributed by atoms with Crippen LogP contribution in [0.2, 0.25) is 0 Å². The fourth-order valence-corrected chi connectivity index (χ4v) is 1.09. The van der Waals surface area contributed by atoms with E-state index in [9.17, 15) is 4.79 Å². The van der Waals surface area contributed by atoms with E-state index in [0.29, 0.717) is 5.69 Å². The molecule has 0 atom stereocenters. The van der Waals surface area contributed by atoms with Gasteiger partial charge in [0.15, 0.2) is 0 Å². The van der Waals surface area contributed by atoms with Crippen LogP contribution < -0.4 is 0 Å². The van der Waals surface area contributed by atoms with Gasteiger partial charge in [0, 0.05) is 10.7 Å². The Balaban J connectivity index is 2.86. The zero-order valence-corrected chi connectivity index (χ0v) is 7.21. The zero-order chi connectivity index (χ0) is 8.27. The van der Waals surface area contributed by atoms with E-state index in [1.54, 1.807) is 18.3 Å².